The third kappa shape index (κ3) is 6.19. The van der Waals surface area contributed by atoms with Crippen molar-refractivity contribution in [2.75, 3.05) is 23.7 Å². The van der Waals surface area contributed by atoms with Gasteiger partial charge in [0.05, 0.1) is 5.75 Å². The third-order valence-corrected chi connectivity index (χ3v) is 4.92. The Morgan fingerprint density at radius 2 is 2.04 bits per heavy atom. The van der Waals surface area contributed by atoms with Gasteiger partial charge < -0.3 is 10.2 Å². The molecule has 0 saturated carbocycles. The lowest BCUT2D eigenvalue weighted by Crippen LogP contribution is -2.44. The summed E-state index contributed by atoms with van der Waals surface area (Å²) in [6.45, 7) is 3.90. The Balaban J connectivity index is 1.73. The zero-order valence-electron chi connectivity index (χ0n) is 13.5. The van der Waals surface area contributed by atoms with Gasteiger partial charge in [-0.25, -0.2) is 13.6 Å². The van der Waals surface area contributed by atoms with Crippen LogP contribution in [0.1, 0.15) is 31.2 Å². The Hall–Kier alpha value is -1.60. The minimum Gasteiger partial charge on any atom is -0.371 e. The monoisotopic (exact) mass is 339 g/mol. The number of rotatable bonds is 6. The molecule has 1 amide bonds. The molecule has 2 rings (SSSR count). The number of nitrogens with two attached hydrogens (primary N) is 1. The van der Waals surface area contributed by atoms with Gasteiger partial charge in [-0.2, -0.15) is 0 Å². The fourth-order valence-electron chi connectivity index (χ4n) is 2.84. The molecule has 1 aliphatic heterocycles. The summed E-state index contributed by atoms with van der Waals surface area (Å²) in [5, 5.41) is 7.91. The topological polar surface area (TPSA) is 92.5 Å². The van der Waals surface area contributed by atoms with Crippen LogP contribution in [0.4, 0.5) is 5.69 Å². The summed E-state index contributed by atoms with van der Waals surface area (Å²) < 4.78 is 21.7. The van der Waals surface area contributed by atoms with E-state index in [2.05, 4.69) is 41.4 Å². The molecule has 0 bridgehead atoms. The number of piperidine rings is 1. The van der Waals surface area contributed by atoms with E-state index in [0.717, 1.165) is 25.9 Å². The first-order chi connectivity index (χ1) is 10.8. The Kier molecular flexibility index (Phi) is 6.01. The molecule has 23 heavy (non-hydrogen) atoms. The second-order valence-corrected chi connectivity index (χ2v) is 7.87. The van der Waals surface area contributed by atoms with Gasteiger partial charge in [-0.15, -0.1) is 0 Å². The van der Waals surface area contributed by atoms with Gasteiger partial charge in [0.1, 0.15) is 0 Å². The molecular formula is C16H25N3O3S. The summed E-state index contributed by atoms with van der Waals surface area (Å²) in [6, 6.07) is 8.59. The normalized spacial score (nSPS) is 16.3. The third-order valence-electron chi connectivity index (χ3n) is 4.06. The standard InChI is InChI=1S/C16H25N3O3S/c1-13-4-2-5-15(12-13)19-9-7-14(8-10-19)18-16(20)6-3-11-23(17,21)22/h2,4-5,12,14H,3,6-11H2,1H3,(H,18,20)(H2,17,21,22). The van der Waals surface area contributed by atoms with Crippen molar-refractivity contribution in [1.29, 1.82) is 0 Å². The molecule has 1 heterocycles. The smallest absolute Gasteiger partial charge is 0.220 e. The fraction of sp³-hybridized carbons (Fsp3) is 0.562. The van der Waals surface area contributed by atoms with Crippen LogP contribution in [0, 0.1) is 6.92 Å². The number of aryl methyl sites for hydroxylation is 1. The number of hydrogen-bond acceptors (Lipinski definition) is 4. The van der Waals surface area contributed by atoms with Gasteiger partial charge in [0.25, 0.3) is 0 Å². The predicted octanol–water partition coefficient (Wildman–Crippen LogP) is 1.15. The number of benzene rings is 1. The molecule has 1 aliphatic rings. The number of carbonyl (C=O) groups excluding carboxylic acids is 1. The number of nitrogens with one attached hydrogen (secondary N) is 1. The van der Waals surface area contributed by atoms with Crippen molar-refractivity contribution < 1.29 is 13.2 Å². The first-order valence-corrected chi connectivity index (χ1v) is 9.66. The van der Waals surface area contributed by atoms with Gasteiger partial charge in [-0.05, 0) is 43.9 Å². The lowest BCUT2D eigenvalue weighted by Gasteiger charge is -2.34. The molecule has 1 aromatic rings. The molecule has 0 aliphatic carbocycles. The van der Waals surface area contributed by atoms with E-state index in [9.17, 15) is 13.2 Å². The molecule has 1 aromatic carbocycles. The number of sulfonamides is 1. The van der Waals surface area contributed by atoms with E-state index < -0.39 is 10.0 Å². The maximum Gasteiger partial charge on any atom is 0.220 e. The first-order valence-electron chi connectivity index (χ1n) is 7.95. The van der Waals surface area contributed by atoms with Crippen LogP contribution in [0.25, 0.3) is 0 Å². The number of nitrogens with zero attached hydrogens (tertiary/aromatic N) is 1. The number of carbonyl (C=O) groups is 1. The highest BCUT2D eigenvalue weighted by atomic mass is 32.2. The summed E-state index contributed by atoms with van der Waals surface area (Å²) in [4.78, 5) is 14.2. The van der Waals surface area contributed by atoms with Crippen molar-refractivity contribution in [2.45, 2.75) is 38.6 Å². The SMILES string of the molecule is Cc1cccc(N2CCC(NC(=O)CCCS(N)(=O)=O)CC2)c1. The van der Waals surface area contributed by atoms with Crippen LogP contribution in [-0.2, 0) is 14.8 Å². The lowest BCUT2D eigenvalue weighted by molar-refractivity contribution is -0.121. The van der Waals surface area contributed by atoms with Crippen molar-refractivity contribution in [3.8, 4) is 0 Å². The van der Waals surface area contributed by atoms with Gasteiger partial charge in [0.15, 0.2) is 0 Å². The second-order valence-electron chi connectivity index (χ2n) is 6.14. The van der Waals surface area contributed by atoms with E-state index in [1.807, 2.05) is 0 Å². The molecule has 0 unspecified atom stereocenters. The maximum atomic E-state index is 11.8. The molecule has 1 saturated heterocycles. The van der Waals surface area contributed by atoms with E-state index in [-0.39, 0.29) is 30.5 Å². The second kappa shape index (κ2) is 7.79. The van der Waals surface area contributed by atoms with Crippen LogP contribution >= 0.6 is 0 Å². The Morgan fingerprint density at radius 1 is 1.35 bits per heavy atom. The summed E-state index contributed by atoms with van der Waals surface area (Å²) in [5.74, 6) is -0.241. The summed E-state index contributed by atoms with van der Waals surface area (Å²) in [7, 11) is -3.48. The van der Waals surface area contributed by atoms with Gasteiger partial charge in [-0.3, -0.25) is 4.79 Å². The van der Waals surface area contributed by atoms with Crippen LogP contribution in [0.2, 0.25) is 0 Å². The fourth-order valence-corrected chi connectivity index (χ4v) is 3.39. The summed E-state index contributed by atoms with van der Waals surface area (Å²) >= 11 is 0. The van der Waals surface area contributed by atoms with Gasteiger partial charge in [0.2, 0.25) is 15.9 Å². The summed E-state index contributed by atoms with van der Waals surface area (Å²) in [5.41, 5.74) is 2.47. The molecule has 1 fully saturated rings. The van der Waals surface area contributed by atoms with Gasteiger partial charge >= 0.3 is 0 Å². The predicted molar refractivity (Wildman–Crippen MR) is 91.8 cm³/mol. The maximum absolute atomic E-state index is 11.8. The lowest BCUT2D eigenvalue weighted by atomic mass is 10.0. The Labute approximate surface area is 138 Å². The number of hydrogen-bond donors (Lipinski definition) is 2. The highest BCUT2D eigenvalue weighted by Crippen LogP contribution is 2.21. The van der Waals surface area contributed by atoms with Crippen LogP contribution in [0.15, 0.2) is 24.3 Å². The van der Waals surface area contributed by atoms with Gasteiger partial charge in [-0.1, -0.05) is 12.1 Å². The zero-order chi connectivity index (χ0) is 16.9. The van der Waals surface area contributed by atoms with Crippen LogP contribution in [0.5, 0.6) is 0 Å². The minimum absolute atomic E-state index is 0.0948. The summed E-state index contributed by atoms with van der Waals surface area (Å²) in [6.07, 6.45) is 2.27. The van der Waals surface area contributed by atoms with Crippen LogP contribution in [-0.4, -0.2) is 39.2 Å². The van der Waals surface area contributed by atoms with Crippen molar-refractivity contribution >= 4 is 21.6 Å². The quantitative estimate of drug-likeness (QED) is 0.813. The molecule has 6 nitrogen and oxygen atoms in total. The van der Waals surface area contributed by atoms with Crippen molar-refractivity contribution in [3.63, 3.8) is 0 Å². The van der Waals surface area contributed by atoms with E-state index >= 15 is 0 Å². The number of anilines is 1. The van der Waals surface area contributed by atoms with E-state index in [1.54, 1.807) is 0 Å². The van der Waals surface area contributed by atoms with E-state index in [0.29, 0.717) is 0 Å². The van der Waals surface area contributed by atoms with Crippen molar-refractivity contribution in [3.05, 3.63) is 29.8 Å². The molecule has 3 N–H and O–H groups in total. The average Bonchev–Trinajstić information content (AvgIpc) is 2.46. The Morgan fingerprint density at radius 3 is 2.65 bits per heavy atom. The highest BCUT2D eigenvalue weighted by molar-refractivity contribution is 7.89. The molecule has 0 aromatic heterocycles. The molecule has 0 spiro atoms. The van der Waals surface area contributed by atoms with E-state index in [1.165, 1.54) is 11.3 Å². The zero-order valence-corrected chi connectivity index (χ0v) is 14.3. The van der Waals surface area contributed by atoms with Crippen LogP contribution < -0.4 is 15.4 Å². The molecule has 0 radical (unpaired) electrons. The van der Waals surface area contributed by atoms with Gasteiger partial charge in [0, 0.05) is 31.2 Å². The minimum atomic E-state index is -3.48. The molecule has 0 atom stereocenters. The van der Waals surface area contributed by atoms with Crippen LogP contribution in [0.3, 0.4) is 0 Å². The molecule has 128 valence electrons. The number of amides is 1. The molecule has 7 heteroatoms. The van der Waals surface area contributed by atoms with Crippen molar-refractivity contribution in [1.82, 2.24) is 5.32 Å². The first kappa shape index (κ1) is 17.7. The molecular weight excluding hydrogens is 314 g/mol. The highest BCUT2D eigenvalue weighted by Gasteiger charge is 2.21. The Bertz CT molecular complexity index is 638. The number of primary sulfonamides is 1. The largest absolute Gasteiger partial charge is 0.371 e. The van der Waals surface area contributed by atoms with E-state index in [4.69, 9.17) is 5.14 Å². The average molecular weight is 339 g/mol. The van der Waals surface area contributed by atoms with Crippen molar-refractivity contribution in [2.24, 2.45) is 5.14 Å².